The largest absolute Gasteiger partial charge is 0.399 e. The summed E-state index contributed by atoms with van der Waals surface area (Å²) < 4.78 is 0. The summed E-state index contributed by atoms with van der Waals surface area (Å²) in [7, 11) is 0. The molecule has 0 radical (unpaired) electrons. The lowest BCUT2D eigenvalue weighted by molar-refractivity contribution is 0.562. The number of nitrogens with one attached hydrogen (secondary N) is 2. The summed E-state index contributed by atoms with van der Waals surface area (Å²) in [5.74, 6) is 0. The van der Waals surface area contributed by atoms with E-state index in [0.29, 0.717) is 11.4 Å². The van der Waals surface area contributed by atoms with Crippen molar-refractivity contribution in [2.45, 2.75) is 13.8 Å². The lowest BCUT2D eigenvalue weighted by Gasteiger charge is -2.02. The Bertz CT molecular complexity index is 1130. The van der Waals surface area contributed by atoms with Crippen molar-refractivity contribution >= 4 is 47.1 Å². The van der Waals surface area contributed by atoms with Gasteiger partial charge in [-0.1, -0.05) is 30.3 Å². The first kappa shape index (κ1) is 28.8. The van der Waals surface area contributed by atoms with Gasteiger partial charge in [-0.2, -0.15) is 9.98 Å². The van der Waals surface area contributed by atoms with Gasteiger partial charge in [-0.05, 0) is 66.4 Å². The molecule has 0 fully saturated rings. The molecule has 0 aliphatic rings. The first-order valence-electron chi connectivity index (χ1n) is 9.34. The van der Waals surface area contributed by atoms with Crippen LogP contribution in [-0.2, 0) is 19.2 Å². The van der Waals surface area contributed by atoms with E-state index in [-0.39, 0.29) is 0 Å². The highest BCUT2D eigenvalue weighted by molar-refractivity contribution is 5.67. The van der Waals surface area contributed by atoms with Crippen LogP contribution in [0, 0.1) is 24.7 Å². The summed E-state index contributed by atoms with van der Waals surface area (Å²) in [6.45, 7) is 3.63. The van der Waals surface area contributed by atoms with Gasteiger partial charge in [-0.15, -0.1) is 0 Å². The monoisotopic (exact) mass is 458 g/mol. The van der Waals surface area contributed by atoms with Gasteiger partial charge in [0, 0.05) is 11.4 Å². The molecule has 0 aliphatic carbocycles. The number of hydrogen-bond donors (Lipinski definition) is 4. The minimum Gasteiger partial charge on any atom is -0.399 e. The number of anilines is 2. The molecule has 0 unspecified atom stereocenters. The summed E-state index contributed by atoms with van der Waals surface area (Å²) in [5, 5.41) is 10.8. The number of aryl methyl sites for hydroxylation is 2. The number of nitrogens with zero attached hydrogens (tertiary/aromatic N) is 2. The Labute approximate surface area is 195 Å². The lowest BCUT2D eigenvalue weighted by atomic mass is 10.1. The zero-order chi connectivity index (χ0) is 25.9. The molecule has 3 aromatic carbocycles. The molecule has 0 saturated heterocycles. The number of benzene rings is 3. The molecule has 0 heterocycles. The number of rotatable bonds is 3. The van der Waals surface area contributed by atoms with E-state index in [9.17, 15) is 9.59 Å². The average Bonchev–Trinajstić information content (AvgIpc) is 2.80. The third-order valence-corrected chi connectivity index (χ3v) is 4.00. The normalized spacial score (nSPS) is 8.18. The molecular formula is C24H22N6O4. The van der Waals surface area contributed by atoms with Crippen LogP contribution in [0.5, 0.6) is 0 Å². The molecule has 0 amide bonds. The summed E-state index contributed by atoms with van der Waals surface area (Å²) in [6.07, 6.45) is 4.40. The predicted molar refractivity (Wildman–Crippen MR) is 129 cm³/mol. The second-order valence-corrected chi connectivity index (χ2v) is 6.28. The minimum atomic E-state index is 0.472. The molecule has 0 spiro atoms. The van der Waals surface area contributed by atoms with E-state index >= 15 is 0 Å². The van der Waals surface area contributed by atoms with E-state index < -0.39 is 0 Å². The summed E-state index contributed by atoms with van der Waals surface area (Å²) >= 11 is 0. The molecule has 0 aliphatic heterocycles. The number of hydrogen-bond acceptors (Lipinski definition) is 10. The minimum absolute atomic E-state index is 0.472. The second-order valence-electron chi connectivity index (χ2n) is 6.28. The first-order valence-corrected chi connectivity index (χ1v) is 9.34. The highest BCUT2D eigenvalue weighted by Gasteiger charge is 2.02. The number of isocyanates is 4. The van der Waals surface area contributed by atoms with Crippen molar-refractivity contribution in [2.24, 2.45) is 9.98 Å². The van der Waals surface area contributed by atoms with Crippen LogP contribution in [0.1, 0.15) is 11.1 Å². The van der Waals surface area contributed by atoms with Crippen LogP contribution in [0.15, 0.2) is 70.6 Å². The zero-order valence-electron chi connectivity index (χ0n) is 18.5. The van der Waals surface area contributed by atoms with E-state index in [1.807, 2.05) is 62.4 Å². The molecular weight excluding hydrogens is 436 g/mol. The fraction of sp³-hybridized carbons (Fsp3) is 0.0833. The van der Waals surface area contributed by atoms with Crippen LogP contribution in [0.3, 0.4) is 0 Å². The van der Waals surface area contributed by atoms with Gasteiger partial charge in [0.25, 0.3) is 0 Å². The van der Waals surface area contributed by atoms with Crippen molar-refractivity contribution in [1.29, 1.82) is 10.8 Å². The molecule has 172 valence electrons. The van der Waals surface area contributed by atoms with Gasteiger partial charge >= 0.3 is 0 Å². The number of nitrogen functional groups attached to an aromatic ring is 2. The van der Waals surface area contributed by atoms with Crippen LogP contribution in [0.4, 0.5) is 22.7 Å². The van der Waals surface area contributed by atoms with E-state index in [1.54, 1.807) is 12.1 Å². The third-order valence-electron chi connectivity index (χ3n) is 4.00. The maximum Gasteiger partial charge on any atom is 0.240 e. The molecule has 0 saturated carbocycles. The van der Waals surface area contributed by atoms with Crippen LogP contribution < -0.4 is 11.5 Å². The van der Waals surface area contributed by atoms with Gasteiger partial charge < -0.3 is 11.5 Å². The van der Waals surface area contributed by atoms with Gasteiger partial charge in [-0.3, -0.25) is 0 Å². The Balaban J connectivity index is 0.000000521. The molecule has 3 aromatic rings. The first-order chi connectivity index (χ1) is 16.3. The van der Waals surface area contributed by atoms with Gasteiger partial charge in [0.05, 0.1) is 11.4 Å². The molecule has 3 rings (SSSR count). The van der Waals surface area contributed by atoms with E-state index in [2.05, 4.69) is 9.98 Å². The summed E-state index contributed by atoms with van der Waals surface area (Å²) in [6, 6.07) is 18.9. The number of carbonyl (C=O) groups excluding carboxylic acids is 4. The molecule has 0 atom stereocenters. The number of aliphatic imine (C=N–C) groups is 2. The fourth-order valence-electron chi connectivity index (χ4n) is 2.52. The Morgan fingerprint density at radius 1 is 0.618 bits per heavy atom. The maximum atomic E-state index is 10.1. The molecule has 0 aromatic heterocycles. The topological polar surface area (TPSA) is 193 Å². The van der Waals surface area contributed by atoms with Crippen molar-refractivity contribution in [3.63, 3.8) is 0 Å². The van der Waals surface area contributed by atoms with Crippen molar-refractivity contribution in [1.82, 2.24) is 0 Å². The Hall–Kier alpha value is -5.22. The van der Waals surface area contributed by atoms with Gasteiger partial charge in [0.15, 0.2) is 0 Å². The zero-order valence-corrected chi connectivity index (χ0v) is 18.5. The highest BCUT2D eigenvalue weighted by Crippen LogP contribution is 2.28. The van der Waals surface area contributed by atoms with Crippen LogP contribution in [0.2, 0.25) is 0 Å². The van der Waals surface area contributed by atoms with Gasteiger partial charge in [0.1, 0.15) is 0 Å². The Morgan fingerprint density at radius 3 is 1.18 bits per heavy atom. The lowest BCUT2D eigenvalue weighted by Crippen LogP contribution is -1.85. The molecule has 10 heteroatoms. The maximum absolute atomic E-state index is 10.1. The van der Waals surface area contributed by atoms with Crippen molar-refractivity contribution in [3.05, 3.63) is 71.8 Å². The summed E-state index contributed by atoms with van der Waals surface area (Å²) in [4.78, 5) is 43.8. The average molecular weight is 458 g/mol. The Morgan fingerprint density at radius 2 is 0.912 bits per heavy atom. The molecule has 6 N–H and O–H groups in total. The van der Waals surface area contributed by atoms with Crippen LogP contribution in [0.25, 0.3) is 11.1 Å². The van der Waals surface area contributed by atoms with Crippen LogP contribution in [-0.4, -0.2) is 24.3 Å². The highest BCUT2D eigenvalue weighted by atomic mass is 16.1. The van der Waals surface area contributed by atoms with Gasteiger partial charge in [0.2, 0.25) is 24.3 Å². The standard InChI is InChI=1S/C12H12N2.C10H8N2O2.2CHNO/c13-11-5-1-9(2-6-11)10-3-7-12(14)8-4-10;1-7-3-8(2)10(12-6-14)4-9(7)11-5-13;2*2-1-3/h1-8H,13-14H2;3-4H,1-2H3;2*2H. The predicted octanol–water partition coefficient (Wildman–Crippen LogP) is 4.56. The van der Waals surface area contributed by atoms with Crippen LogP contribution >= 0.6 is 0 Å². The van der Waals surface area contributed by atoms with Crippen molar-refractivity contribution < 1.29 is 19.2 Å². The quantitative estimate of drug-likeness (QED) is 0.252. The number of nitrogens with two attached hydrogens (primary N) is 2. The second kappa shape index (κ2) is 16.5. The van der Waals surface area contributed by atoms with E-state index in [4.69, 9.17) is 31.9 Å². The SMILES string of the molecule is Cc1cc(C)c(N=C=O)cc1N=C=O.N=C=O.N=C=O.Nc1ccc(-c2ccc(N)cc2)cc1. The molecule has 34 heavy (non-hydrogen) atoms. The van der Waals surface area contributed by atoms with Crippen molar-refractivity contribution in [2.75, 3.05) is 11.5 Å². The Kier molecular flexibility index (Phi) is 13.9. The van der Waals surface area contributed by atoms with Crippen molar-refractivity contribution in [3.8, 4) is 11.1 Å². The smallest absolute Gasteiger partial charge is 0.240 e. The fourth-order valence-corrected chi connectivity index (χ4v) is 2.52. The van der Waals surface area contributed by atoms with E-state index in [0.717, 1.165) is 45.8 Å². The third kappa shape index (κ3) is 10.7. The van der Waals surface area contributed by atoms with Gasteiger partial charge in [-0.25, -0.2) is 30.0 Å². The molecule has 10 nitrogen and oxygen atoms in total. The summed E-state index contributed by atoms with van der Waals surface area (Å²) in [5.41, 5.74) is 17.7. The van der Waals surface area contributed by atoms with E-state index in [1.165, 1.54) is 12.2 Å². The molecule has 0 bridgehead atoms.